The van der Waals surface area contributed by atoms with Crippen LogP contribution in [0.3, 0.4) is 0 Å². The van der Waals surface area contributed by atoms with E-state index in [-0.39, 0.29) is 11.7 Å². The summed E-state index contributed by atoms with van der Waals surface area (Å²) in [6.45, 7) is -0.917. The molecule has 1 aromatic rings. The Hall–Kier alpha value is -1.27. The fourth-order valence-corrected chi connectivity index (χ4v) is 1.58. The SMILES string of the molecule is NCC(O)(c1ccc(OC2CC2)cc1)C(F)(F)F. The maximum absolute atomic E-state index is 12.7. The van der Waals surface area contributed by atoms with Crippen LogP contribution >= 0.6 is 0 Å². The van der Waals surface area contributed by atoms with Gasteiger partial charge in [-0.2, -0.15) is 13.2 Å². The van der Waals surface area contributed by atoms with Gasteiger partial charge in [-0.05, 0) is 30.5 Å². The molecule has 2 rings (SSSR count). The Kier molecular flexibility index (Phi) is 3.25. The molecule has 6 heteroatoms. The second kappa shape index (κ2) is 4.44. The zero-order chi connectivity index (χ0) is 13.4. The summed E-state index contributed by atoms with van der Waals surface area (Å²) in [5.74, 6) is 0.503. The average molecular weight is 261 g/mol. The Labute approximate surface area is 102 Å². The summed E-state index contributed by atoms with van der Waals surface area (Å²) in [4.78, 5) is 0. The van der Waals surface area contributed by atoms with Gasteiger partial charge in [0.25, 0.3) is 0 Å². The van der Waals surface area contributed by atoms with Crippen LogP contribution in [0, 0.1) is 0 Å². The van der Waals surface area contributed by atoms with Crippen LogP contribution in [0.4, 0.5) is 13.2 Å². The molecule has 0 bridgehead atoms. The highest BCUT2D eigenvalue weighted by Gasteiger charge is 2.54. The molecule has 0 aliphatic heterocycles. The molecule has 0 spiro atoms. The fraction of sp³-hybridized carbons (Fsp3) is 0.500. The van der Waals surface area contributed by atoms with Crippen molar-refractivity contribution in [2.75, 3.05) is 6.54 Å². The van der Waals surface area contributed by atoms with E-state index in [0.29, 0.717) is 5.75 Å². The van der Waals surface area contributed by atoms with Crippen LogP contribution in [0.15, 0.2) is 24.3 Å². The molecule has 1 saturated carbocycles. The predicted molar refractivity (Wildman–Crippen MR) is 59.1 cm³/mol. The zero-order valence-electron chi connectivity index (χ0n) is 9.57. The Morgan fingerprint density at radius 3 is 2.17 bits per heavy atom. The lowest BCUT2D eigenvalue weighted by Gasteiger charge is -2.29. The summed E-state index contributed by atoms with van der Waals surface area (Å²) in [6.07, 6.45) is -2.69. The van der Waals surface area contributed by atoms with Crippen LogP contribution in [0.2, 0.25) is 0 Å². The highest BCUT2D eigenvalue weighted by molar-refractivity contribution is 5.32. The zero-order valence-corrected chi connectivity index (χ0v) is 9.57. The molecule has 1 aromatic carbocycles. The number of nitrogens with two attached hydrogens (primary N) is 1. The molecule has 1 aliphatic carbocycles. The Balaban J connectivity index is 2.20. The van der Waals surface area contributed by atoms with Gasteiger partial charge in [-0.1, -0.05) is 12.1 Å². The molecule has 1 fully saturated rings. The molecule has 0 amide bonds. The first-order chi connectivity index (χ1) is 8.37. The van der Waals surface area contributed by atoms with Crippen molar-refractivity contribution in [1.82, 2.24) is 0 Å². The molecule has 1 aliphatic rings. The van der Waals surface area contributed by atoms with Crippen LogP contribution in [0.1, 0.15) is 18.4 Å². The van der Waals surface area contributed by atoms with Crippen LogP contribution < -0.4 is 10.5 Å². The number of aliphatic hydroxyl groups is 1. The van der Waals surface area contributed by atoms with Crippen molar-refractivity contribution in [3.63, 3.8) is 0 Å². The van der Waals surface area contributed by atoms with E-state index in [1.165, 1.54) is 24.3 Å². The first-order valence-electron chi connectivity index (χ1n) is 5.63. The van der Waals surface area contributed by atoms with Crippen molar-refractivity contribution in [1.29, 1.82) is 0 Å². The lowest BCUT2D eigenvalue weighted by molar-refractivity contribution is -0.262. The fourth-order valence-electron chi connectivity index (χ4n) is 1.58. The molecule has 1 unspecified atom stereocenters. The largest absolute Gasteiger partial charge is 0.490 e. The van der Waals surface area contributed by atoms with Crippen molar-refractivity contribution in [2.24, 2.45) is 5.73 Å². The minimum atomic E-state index is -4.80. The normalized spacial score (nSPS) is 19.4. The van der Waals surface area contributed by atoms with Crippen LogP contribution in [-0.4, -0.2) is 23.9 Å². The number of hydrogen-bond acceptors (Lipinski definition) is 3. The molecule has 1 atom stereocenters. The van der Waals surface area contributed by atoms with E-state index in [0.717, 1.165) is 12.8 Å². The lowest BCUT2D eigenvalue weighted by atomic mass is 9.93. The molecular formula is C12H14F3NO2. The summed E-state index contributed by atoms with van der Waals surface area (Å²) in [7, 11) is 0. The Morgan fingerprint density at radius 1 is 1.22 bits per heavy atom. The van der Waals surface area contributed by atoms with Crippen molar-refractivity contribution in [3.8, 4) is 5.75 Å². The summed E-state index contributed by atoms with van der Waals surface area (Å²) < 4.78 is 43.7. The first kappa shape index (κ1) is 13.2. The van der Waals surface area contributed by atoms with Gasteiger partial charge in [0.2, 0.25) is 0 Å². The summed E-state index contributed by atoms with van der Waals surface area (Å²) in [5.41, 5.74) is 1.77. The molecular weight excluding hydrogens is 247 g/mol. The topological polar surface area (TPSA) is 55.5 Å². The number of rotatable bonds is 4. The van der Waals surface area contributed by atoms with Gasteiger partial charge in [0, 0.05) is 6.54 Å². The Morgan fingerprint density at radius 2 is 1.78 bits per heavy atom. The lowest BCUT2D eigenvalue weighted by Crippen LogP contribution is -2.48. The van der Waals surface area contributed by atoms with Gasteiger partial charge in [0.1, 0.15) is 5.75 Å². The average Bonchev–Trinajstić information content (AvgIpc) is 3.11. The third kappa shape index (κ3) is 2.44. The van der Waals surface area contributed by atoms with E-state index in [1.54, 1.807) is 0 Å². The standard InChI is InChI=1S/C12H14F3NO2/c13-12(14,15)11(17,7-16)8-1-3-9(4-2-8)18-10-5-6-10/h1-4,10,17H,5-7,16H2. The van der Waals surface area contributed by atoms with E-state index in [9.17, 15) is 18.3 Å². The number of ether oxygens (including phenoxy) is 1. The molecule has 0 heterocycles. The monoisotopic (exact) mass is 261 g/mol. The van der Waals surface area contributed by atoms with E-state index in [4.69, 9.17) is 10.5 Å². The van der Waals surface area contributed by atoms with Gasteiger partial charge in [0.05, 0.1) is 6.10 Å². The third-order valence-electron chi connectivity index (χ3n) is 2.92. The smallest absolute Gasteiger partial charge is 0.422 e. The molecule has 0 radical (unpaired) electrons. The van der Waals surface area contributed by atoms with Gasteiger partial charge < -0.3 is 15.6 Å². The van der Waals surface area contributed by atoms with E-state index >= 15 is 0 Å². The van der Waals surface area contributed by atoms with Gasteiger partial charge in [-0.3, -0.25) is 0 Å². The van der Waals surface area contributed by atoms with Crippen molar-refractivity contribution < 1.29 is 23.0 Å². The van der Waals surface area contributed by atoms with Crippen LogP contribution in [-0.2, 0) is 5.60 Å². The van der Waals surface area contributed by atoms with Gasteiger partial charge in [0.15, 0.2) is 5.60 Å². The van der Waals surface area contributed by atoms with Crippen LogP contribution in [0.25, 0.3) is 0 Å². The summed E-state index contributed by atoms with van der Waals surface area (Å²) in [5, 5.41) is 9.62. The minimum absolute atomic E-state index is 0.173. The van der Waals surface area contributed by atoms with Crippen molar-refractivity contribution in [3.05, 3.63) is 29.8 Å². The number of alkyl halides is 3. The molecule has 3 N–H and O–H groups in total. The minimum Gasteiger partial charge on any atom is -0.490 e. The van der Waals surface area contributed by atoms with Gasteiger partial charge in [-0.25, -0.2) is 0 Å². The maximum Gasteiger partial charge on any atom is 0.422 e. The highest BCUT2D eigenvalue weighted by Crippen LogP contribution is 2.38. The molecule has 0 aromatic heterocycles. The summed E-state index contributed by atoms with van der Waals surface area (Å²) in [6, 6.07) is 5.22. The maximum atomic E-state index is 12.7. The van der Waals surface area contributed by atoms with Crippen molar-refractivity contribution in [2.45, 2.75) is 30.7 Å². The Bertz CT molecular complexity index is 414. The number of benzene rings is 1. The predicted octanol–water partition coefficient (Wildman–Crippen LogP) is 1.94. The van der Waals surface area contributed by atoms with E-state index < -0.39 is 18.3 Å². The highest BCUT2D eigenvalue weighted by atomic mass is 19.4. The molecule has 0 saturated heterocycles. The second-order valence-corrected chi connectivity index (χ2v) is 4.40. The third-order valence-corrected chi connectivity index (χ3v) is 2.92. The molecule has 18 heavy (non-hydrogen) atoms. The number of halogens is 3. The molecule has 100 valence electrons. The van der Waals surface area contributed by atoms with Gasteiger partial charge in [-0.15, -0.1) is 0 Å². The van der Waals surface area contributed by atoms with Crippen LogP contribution in [0.5, 0.6) is 5.75 Å². The summed E-state index contributed by atoms with van der Waals surface area (Å²) >= 11 is 0. The second-order valence-electron chi connectivity index (χ2n) is 4.40. The molecule has 3 nitrogen and oxygen atoms in total. The van der Waals surface area contributed by atoms with E-state index in [1.807, 2.05) is 0 Å². The van der Waals surface area contributed by atoms with E-state index in [2.05, 4.69) is 0 Å². The number of hydrogen-bond donors (Lipinski definition) is 2. The quantitative estimate of drug-likeness (QED) is 0.870. The van der Waals surface area contributed by atoms with Gasteiger partial charge >= 0.3 is 6.18 Å². The first-order valence-corrected chi connectivity index (χ1v) is 5.63. The van der Waals surface area contributed by atoms with Crippen molar-refractivity contribution >= 4 is 0 Å².